The number of hydrogen-bond donors (Lipinski definition) is 2. The minimum Gasteiger partial charge on any atom is -0.342 e. The van der Waals surface area contributed by atoms with Crippen molar-refractivity contribution < 1.29 is 9.59 Å². The number of anilines is 1. The summed E-state index contributed by atoms with van der Waals surface area (Å²) >= 11 is 7.42. The number of carbonyl (C=O) groups excluding carboxylic acids is 2. The van der Waals surface area contributed by atoms with Crippen LogP contribution in [-0.2, 0) is 11.3 Å². The number of halogens is 1. The minimum absolute atomic E-state index is 0.119. The normalized spacial score (nSPS) is 11.7. The molecule has 2 N–H and O–H groups in total. The largest absolute Gasteiger partial charge is 0.342 e. The van der Waals surface area contributed by atoms with Crippen molar-refractivity contribution in [1.82, 2.24) is 20.1 Å². The van der Waals surface area contributed by atoms with Gasteiger partial charge in [-0.3, -0.25) is 9.59 Å². The smallest absolute Gasteiger partial charge is 0.253 e. The van der Waals surface area contributed by atoms with Crippen molar-refractivity contribution in [3.63, 3.8) is 0 Å². The Hall–Kier alpha value is -2.84. The number of benzene rings is 2. The number of amides is 2. The Labute approximate surface area is 190 Å². The number of aryl methyl sites for hydroxylation is 1. The molecule has 3 aromatic rings. The van der Waals surface area contributed by atoms with Crippen LogP contribution < -0.4 is 10.6 Å². The van der Waals surface area contributed by atoms with Crippen molar-refractivity contribution in [2.24, 2.45) is 0 Å². The maximum atomic E-state index is 12.6. The van der Waals surface area contributed by atoms with E-state index in [1.165, 1.54) is 11.8 Å². The molecule has 0 aliphatic carbocycles. The number of para-hydroxylation sites is 1. The summed E-state index contributed by atoms with van der Waals surface area (Å²) in [6.07, 6.45) is 0. The second-order valence-corrected chi connectivity index (χ2v) is 8.26. The van der Waals surface area contributed by atoms with Gasteiger partial charge in [-0.1, -0.05) is 53.7 Å². The maximum absolute atomic E-state index is 12.6. The van der Waals surface area contributed by atoms with E-state index in [-0.39, 0.29) is 23.6 Å². The summed E-state index contributed by atoms with van der Waals surface area (Å²) in [6.45, 7) is 6.36. The number of aromatic nitrogens is 3. The highest BCUT2D eigenvalue weighted by Gasteiger charge is 2.21. The van der Waals surface area contributed by atoms with E-state index in [1.807, 2.05) is 49.6 Å². The molecule has 3 rings (SSSR count). The Bertz CT molecular complexity index is 1090. The molecule has 0 bridgehead atoms. The van der Waals surface area contributed by atoms with Crippen molar-refractivity contribution in [2.45, 2.75) is 38.5 Å². The topological polar surface area (TPSA) is 88.9 Å². The number of nitrogens with zero attached hydrogens (tertiary/aromatic N) is 3. The molecular weight excluding hydrogens is 434 g/mol. The van der Waals surface area contributed by atoms with Gasteiger partial charge in [0.1, 0.15) is 0 Å². The molecular formula is C22H24ClN5O2S. The zero-order valence-electron chi connectivity index (χ0n) is 17.6. The lowest BCUT2D eigenvalue weighted by Gasteiger charge is -2.15. The van der Waals surface area contributed by atoms with Crippen molar-refractivity contribution >= 4 is 40.9 Å². The first-order chi connectivity index (χ1) is 14.9. The van der Waals surface area contributed by atoms with E-state index in [2.05, 4.69) is 20.8 Å². The van der Waals surface area contributed by atoms with E-state index in [4.69, 9.17) is 11.6 Å². The molecule has 0 saturated carbocycles. The van der Waals surface area contributed by atoms with Crippen LogP contribution >= 0.6 is 23.4 Å². The summed E-state index contributed by atoms with van der Waals surface area (Å²) in [5.41, 5.74) is 2.20. The Balaban J connectivity index is 1.64. The molecule has 0 aliphatic heterocycles. The monoisotopic (exact) mass is 457 g/mol. The first kappa shape index (κ1) is 22.8. The van der Waals surface area contributed by atoms with Crippen LogP contribution in [0.1, 0.15) is 41.6 Å². The second kappa shape index (κ2) is 10.5. The van der Waals surface area contributed by atoms with E-state index in [1.54, 1.807) is 24.3 Å². The van der Waals surface area contributed by atoms with Crippen LogP contribution in [0.5, 0.6) is 0 Å². The van der Waals surface area contributed by atoms with Crippen LogP contribution in [0.3, 0.4) is 0 Å². The maximum Gasteiger partial charge on any atom is 0.253 e. The van der Waals surface area contributed by atoms with Gasteiger partial charge >= 0.3 is 0 Å². The fraction of sp³-hybridized carbons (Fsp3) is 0.273. The molecule has 1 heterocycles. The van der Waals surface area contributed by atoms with E-state index < -0.39 is 0 Å². The molecule has 162 valence electrons. The molecule has 0 spiro atoms. The van der Waals surface area contributed by atoms with Gasteiger partial charge < -0.3 is 15.2 Å². The highest BCUT2D eigenvalue weighted by atomic mass is 35.5. The molecule has 0 fully saturated rings. The van der Waals surface area contributed by atoms with Gasteiger partial charge in [0.15, 0.2) is 11.0 Å². The van der Waals surface area contributed by atoms with Gasteiger partial charge in [-0.2, -0.15) is 0 Å². The van der Waals surface area contributed by atoms with Crippen LogP contribution in [0.25, 0.3) is 0 Å². The number of carbonyl (C=O) groups is 2. The van der Waals surface area contributed by atoms with E-state index in [0.717, 1.165) is 11.3 Å². The summed E-state index contributed by atoms with van der Waals surface area (Å²) in [5, 5.41) is 15.3. The van der Waals surface area contributed by atoms with Crippen molar-refractivity contribution in [1.29, 1.82) is 0 Å². The number of thioether (sulfide) groups is 1. The Morgan fingerprint density at radius 2 is 1.84 bits per heavy atom. The predicted octanol–water partition coefficient (Wildman–Crippen LogP) is 4.48. The summed E-state index contributed by atoms with van der Waals surface area (Å²) in [5.74, 6) is 0.416. The Kier molecular flexibility index (Phi) is 7.70. The molecule has 1 atom stereocenters. The summed E-state index contributed by atoms with van der Waals surface area (Å²) < 4.78 is 1.89. The Morgan fingerprint density at radius 1 is 1.13 bits per heavy atom. The second-order valence-electron chi connectivity index (χ2n) is 6.91. The van der Waals surface area contributed by atoms with E-state index >= 15 is 0 Å². The molecule has 0 aliphatic rings. The third-order valence-electron chi connectivity index (χ3n) is 4.67. The third-order valence-corrected chi connectivity index (χ3v) is 5.96. The lowest BCUT2D eigenvalue weighted by molar-refractivity contribution is -0.113. The van der Waals surface area contributed by atoms with Gasteiger partial charge in [-0.15, -0.1) is 10.2 Å². The van der Waals surface area contributed by atoms with Gasteiger partial charge in [0.25, 0.3) is 5.91 Å². The van der Waals surface area contributed by atoms with Crippen molar-refractivity contribution in [3.8, 4) is 0 Å². The van der Waals surface area contributed by atoms with E-state index in [9.17, 15) is 9.59 Å². The quantitative estimate of drug-likeness (QED) is 0.487. The van der Waals surface area contributed by atoms with Crippen LogP contribution in [0.2, 0.25) is 5.02 Å². The molecule has 2 aromatic carbocycles. The molecule has 31 heavy (non-hydrogen) atoms. The molecule has 9 heteroatoms. The first-order valence-corrected chi connectivity index (χ1v) is 11.2. The third kappa shape index (κ3) is 5.65. The van der Waals surface area contributed by atoms with Crippen molar-refractivity contribution in [3.05, 3.63) is 70.5 Å². The fourth-order valence-electron chi connectivity index (χ4n) is 3.04. The lowest BCUT2D eigenvalue weighted by atomic mass is 10.2. The number of hydrogen-bond acceptors (Lipinski definition) is 5. The van der Waals surface area contributed by atoms with Crippen LogP contribution in [0.15, 0.2) is 53.7 Å². The SMILES string of the molecule is CCn1c(SCC(=O)Nc2ccccc2C)nnc1[C@@H](C)NC(=O)c1ccccc1Cl. The standard InChI is InChI=1S/C22H24ClN5O2S/c1-4-28-20(15(3)24-21(30)16-10-6-7-11-17(16)23)26-27-22(28)31-13-19(29)25-18-12-8-5-9-14(18)2/h5-12,15H,4,13H2,1-3H3,(H,24,30)(H,25,29)/t15-/m1/s1. The predicted molar refractivity (Wildman–Crippen MR) is 124 cm³/mol. The average molecular weight is 458 g/mol. The van der Waals surface area contributed by atoms with Crippen LogP contribution in [0, 0.1) is 6.92 Å². The molecule has 0 unspecified atom stereocenters. The molecule has 2 amide bonds. The number of rotatable bonds is 8. The molecule has 0 saturated heterocycles. The fourth-order valence-corrected chi connectivity index (χ4v) is 4.07. The highest BCUT2D eigenvalue weighted by Crippen LogP contribution is 2.22. The van der Waals surface area contributed by atoms with Crippen LogP contribution in [-0.4, -0.2) is 32.3 Å². The highest BCUT2D eigenvalue weighted by molar-refractivity contribution is 7.99. The summed E-state index contributed by atoms with van der Waals surface area (Å²) in [7, 11) is 0. The van der Waals surface area contributed by atoms with Gasteiger partial charge in [0.05, 0.1) is 22.4 Å². The first-order valence-electron chi connectivity index (χ1n) is 9.87. The lowest BCUT2D eigenvalue weighted by Crippen LogP contribution is -2.29. The van der Waals surface area contributed by atoms with Gasteiger partial charge in [-0.25, -0.2) is 0 Å². The molecule has 0 radical (unpaired) electrons. The zero-order valence-corrected chi connectivity index (χ0v) is 19.1. The number of nitrogens with one attached hydrogen (secondary N) is 2. The van der Waals surface area contributed by atoms with Gasteiger partial charge in [0.2, 0.25) is 5.91 Å². The van der Waals surface area contributed by atoms with E-state index in [0.29, 0.717) is 28.1 Å². The van der Waals surface area contributed by atoms with Crippen LogP contribution in [0.4, 0.5) is 5.69 Å². The summed E-state index contributed by atoms with van der Waals surface area (Å²) in [6, 6.07) is 14.1. The van der Waals surface area contributed by atoms with Gasteiger partial charge in [-0.05, 0) is 44.5 Å². The Morgan fingerprint density at radius 3 is 2.55 bits per heavy atom. The minimum atomic E-state index is -0.383. The van der Waals surface area contributed by atoms with Gasteiger partial charge in [0, 0.05) is 12.2 Å². The van der Waals surface area contributed by atoms with Crippen molar-refractivity contribution in [2.75, 3.05) is 11.1 Å². The zero-order chi connectivity index (χ0) is 22.4. The molecule has 7 nitrogen and oxygen atoms in total. The summed E-state index contributed by atoms with van der Waals surface area (Å²) in [4.78, 5) is 24.9. The average Bonchev–Trinajstić information content (AvgIpc) is 3.17. The molecule has 1 aromatic heterocycles.